The zero-order chi connectivity index (χ0) is 18.1. The van der Waals surface area contributed by atoms with Crippen molar-refractivity contribution in [2.24, 2.45) is 4.99 Å². The smallest absolute Gasteiger partial charge is 0.131 e. The van der Waals surface area contributed by atoms with Crippen LogP contribution in [0.3, 0.4) is 0 Å². The molecule has 2 aromatic carbocycles. The second-order valence-corrected chi connectivity index (χ2v) is 6.74. The Kier molecular flexibility index (Phi) is 4.69. The maximum atomic E-state index is 14.6. The highest BCUT2D eigenvalue weighted by molar-refractivity contribution is 6.28. The van der Waals surface area contributed by atoms with Crippen molar-refractivity contribution in [1.82, 2.24) is 4.90 Å². The van der Waals surface area contributed by atoms with Gasteiger partial charge in [-0.3, -0.25) is 9.89 Å². The minimum Gasteiger partial charge on any atom is -0.291 e. The fourth-order valence-corrected chi connectivity index (χ4v) is 3.25. The molecule has 1 aliphatic rings. The van der Waals surface area contributed by atoms with Crippen LogP contribution in [0.4, 0.5) is 4.39 Å². The Morgan fingerprint density at radius 1 is 1.00 bits per heavy atom. The number of benzene rings is 2. The molecule has 0 saturated carbocycles. The quantitative estimate of drug-likeness (QED) is 0.776. The molecule has 3 heteroatoms. The van der Waals surface area contributed by atoms with Crippen LogP contribution in [0.2, 0.25) is 0 Å². The number of hydrogen-bond donors (Lipinski definition) is 0. The molecule has 0 aromatic heterocycles. The van der Waals surface area contributed by atoms with Gasteiger partial charge in [0, 0.05) is 11.1 Å². The van der Waals surface area contributed by atoms with E-state index in [-0.39, 0.29) is 5.82 Å². The van der Waals surface area contributed by atoms with E-state index in [4.69, 9.17) is 4.99 Å². The van der Waals surface area contributed by atoms with E-state index in [2.05, 4.69) is 12.6 Å². The molecule has 2 aromatic rings. The third-order valence-corrected chi connectivity index (χ3v) is 4.44. The summed E-state index contributed by atoms with van der Waals surface area (Å²) in [6.45, 7) is 8.83. The predicted octanol–water partition coefficient (Wildman–Crippen LogP) is 4.94. The Morgan fingerprint density at radius 3 is 2.36 bits per heavy atom. The fraction of sp³-hybridized carbons (Fsp3) is 0.227. The molecule has 0 fully saturated rings. The summed E-state index contributed by atoms with van der Waals surface area (Å²) in [4.78, 5) is 6.80. The number of halogens is 1. The van der Waals surface area contributed by atoms with Gasteiger partial charge in [-0.15, -0.1) is 0 Å². The Bertz CT molecular complexity index is 904. The van der Waals surface area contributed by atoms with Crippen LogP contribution in [-0.2, 0) is 0 Å². The molecular weight excluding hydrogens is 311 g/mol. The molecule has 0 amide bonds. The molecule has 1 aliphatic carbocycles. The Labute approximate surface area is 149 Å². The molecule has 25 heavy (non-hydrogen) atoms. The molecule has 0 unspecified atom stereocenters. The lowest BCUT2D eigenvalue weighted by molar-refractivity contribution is 0.424. The van der Waals surface area contributed by atoms with Crippen LogP contribution in [-0.4, -0.2) is 31.4 Å². The van der Waals surface area contributed by atoms with Crippen molar-refractivity contribution in [3.05, 3.63) is 82.7 Å². The van der Waals surface area contributed by atoms with Crippen molar-refractivity contribution < 1.29 is 4.39 Å². The Morgan fingerprint density at radius 2 is 1.68 bits per heavy atom. The first-order valence-electron chi connectivity index (χ1n) is 8.36. The van der Waals surface area contributed by atoms with E-state index in [0.717, 1.165) is 39.1 Å². The lowest BCUT2D eigenvalue weighted by Crippen LogP contribution is -2.19. The zero-order valence-electron chi connectivity index (χ0n) is 15.2. The molecule has 0 heterocycles. The topological polar surface area (TPSA) is 15.6 Å². The van der Waals surface area contributed by atoms with E-state index in [9.17, 15) is 4.39 Å². The number of allylic oxidation sites excluding steroid dienone is 3. The largest absolute Gasteiger partial charge is 0.291 e. The maximum absolute atomic E-state index is 14.6. The predicted molar refractivity (Wildman–Crippen MR) is 104 cm³/mol. The maximum Gasteiger partial charge on any atom is 0.131 e. The molecule has 0 N–H and O–H groups in total. The van der Waals surface area contributed by atoms with Gasteiger partial charge in [0.25, 0.3) is 0 Å². The molecule has 0 atom stereocenters. The number of rotatable bonds is 3. The second-order valence-electron chi connectivity index (χ2n) is 6.74. The van der Waals surface area contributed by atoms with E-state index in [1.807, 2.05) is 57.1 Å². The third kappa shape index (κ3) is 3.20. The number of aryl methyl sites for hydroxylation is 1. The van der Waals surface area contributed by atoms with Crippen molar-refractivity contribution in [2.75, 3.05) is 20.8 Å². The SMILES string of the molecule is C=C1C(c2cc(C)ccc2F)=C(C)C(=NCN(C)C)c2ccccc21. The van der Waals surface area contributed by atoms with Gasteiger partial charge in [0.05, 0.1) is 12.4 Å². The minimum absolute atomic E-state index is 0.229. The van der Waals surface area contributed by atoms with E-state index < -0.39 is 0 Å². The summed E-state index contributed by atoms with van der Waals surface area (Å²) in [7, 11) is 3.97. The Balaban J connectivity index is 2.27. The van der Waals surface area contributed by atoms with Gasteiger partial charge in [0.2, 0.25) is 0 Å². The number of aliphatic imine (C=N–C) groups is 1. The minimum atomic E-state index is -0.229. The zero-order valence-corrected chi connectivity index (χ0v) is 15.2. The van der Waals surface area contributed by atoms with Crippen LogP contribution in [0.5, 0.6) is 0 Å². The first-order chi connectivity index (χ1) is 11.9. The van der Waals surface area contributed by atoms with Crippen molar-refractivity contribution in [3.8, 4) is 0 Å². The Hall–Kier alpha value is -2.52. The summed E-state index contributed by atoms with van der Waals surface area (Å²) in [5.41, 5.74) is 7.26. The van der Waals surface area contributed by atoms with Crippen LogP contribution >= 0.6 is 0 Å². The van der Waals surface area contributed by atoms with Crippen molar-refractivity contribution in [3.63, 3.8) is 0 Å². The van der Waals surface area contributed by atoms with Gasteiger partial charge < -0.3 is 0 Å². The molecule has 0 bridgehead atoms. The summed E-state index contributed by atoms with van der Waals surface area (Å²) >= 11 is 0. The average molecular weight is 334 g/mol. The highest BCUT2D eigenvalue weighted by Gasteiger charge is 2.26. The summed E-state index contributed by atoms with van der Waals surface area (Å²) in [6, 6.07) is 13.3. The molecule has 2 nitrogen and oxygen atoms in total. The van der Waals surface area contributed by atoms with Crippen LogP contribution in [0, 0.1) is 12.7 Å². The van der Waals surface area contributed by atoms with Gasteiger partial charge in [0.15, 0.2) is 0 Å². The van der Waals surface area contributed by atoms with E-state index >= 15 is 0 Å². The van der Waals surface area contributed by atoms with Crippen molar-refractivity contribution in [2.45, 2.75) is 13.8 Å². The van der Waals surface area contributed by atoms with Crippen molar-refractivity contribution in [1.29, 1.82) is 0 Å². The summed E-state index contributed by atoms with van der Waals surface area (Å²) < 4.78 is 14.6. The monoisotopic (exact) mass is 334 g/mol. The number of hydrogen-bond acceptors (Lipinski definition) is 2. The van der Waals surface area contributed by atoms with Crippen LogP contribution < -0.4 is 0 Å². The van der Waals surface area contributed by atoms with Crippen molar-refractivity contribution >= 4 is 16.9 Å². The summed E-state index contributed by atoms with van der Waals surface area (Å²) in [5.74, 6) is -0.229. The molecule has 128 valence electrons. The summed E-state index contributed by atoms with van der Waals surface area (Å²) in [5, 5.41) is 0. The standard InChI is InChI=1S/C22H23FN2/c1-14-10-11-20(23)19(12-14)21-15(2)17-8-6-7-9-18(17)22(16(21)3)24-13-25(4)5/h6-12H,2,13H2,1,3-5H3. The van der Waals surface area contributed by atoms with Gasteiger partial charge in [-0.1, -0.05) is 42.5 Å². The molecule has 0 saturated heterocycles. The molecule has 0 radical (unpaired) electrons. The molecule has 0 aliphatic heterocycles. The fourth-order valence-electron chi connectivity index (χ4n) is 3.25. The van der Waals surface area contributed by atoms with Gasteiger partial charge >= 0.3 is 0 Å². The molecule has 3 rings (SSSR count). The van der Waals surface area contributed by atoms with E-state index in [1.165, 1.54) is 6.07 Å². The second kappa shape index (κ2) is 6.77. The lowest BCUT2D eigenvalue weighted by Gasteiger charge is -2.26. The van der Waals surface area contributed by atoms with E-state index in [1.54, 1.807) is 6.07 Å². The van der Waals surface area contributed by atoms with Crippen LogP contribution in [0.15, 0.2) is 59.6 Å². The van der Waals surface area contributed by atoms with Gasteiger partial charge in [-0.25, -0.2) is 4.39 Å². The number of nitrogens with zero attached hydrogens (tertiary/aromatic N) is 2. The van der Waals surface area contributed by atoms with Gasteiger partial charge in [-0.05, 0) is 62.4 Å². The molecular formula is C22H23FN2. The normalized spacial score (nSPS) is 15.9. The first-order valence-corrected chi connectivity index (χ1v) is 8.36. The number of fused-ring (bicyclic) bond motifs is 1. The van der Waals surface area contributed by atoms with Gasteiger partial charge in [0.1, 0.15) is 5.82 Å². The highest BCUT2D eigenvalue weighted by Crippen LogP contribution is 2.41. The highest BCUT2D eigenvalue weighted by atomic mass is 19.1. The first kappa shape index (κ1) is 17.3. The van der Waals surface area contributed by atoms with Crippen LogP contribution in [0.1, 0.15) is 29.2 Å². The average Bonchev–Trinajstić information content (AvgIpc) is 2.57. The van der Waals surface area contributed by atoms with Gasteiger partial charge in [-0.2, -0.15) is 0 Å². The van der Waals surface area contributed by atoms with E-state index in [0.29, 0.717) is 12.2 Å². The molecule has 0 spiro atoms. The third-order valence-electron chi connectivity index (χ3n) is 4.44. The van der Waals surface area contributed by atoms with Crippen LogP contribution in [0.25, 0.3) is 11.1 Å². The lowest BCUT2D eigenvalue weighted by atomic mass is 9.79. The summed E-state index contributed by atoms with van der Waals surface area (Å²) in [6.07, 6.45) is 0.